The van der Waals surface area contributed by atoms with Gasteiger partial charge in [0.15, 0.2) is 0 Å². The number of amides is 2. The minimum Gasteiger partial charge on any atom is -0.350 e. The summed E-state index contributed by atoms with van der Waals surface area (Å²) in [7, 11) is -3.74. The Morgan fingerprint density at radius 3 is 2.14 bits per heavy atom. The molecule has 0 saturated carbocycles. The fourth-order valence-electron chi connectivity index (χ4n) is 3.84. The number of anilines is 1. The van der Waals surface area contributed by atoms with E-state index >= 15 is 0 Å². The molecule has 0 aliphatic heterocycles. The summed E-state index contributed by atoms with van der Waals surface area (Å²) in [5.74, 6) is -0.668. The highest BCUT2D eigenvalue weighted by Gasteiger charge is 2.32. The Morgan fingerprint density at radius 2 is 1.63 bits per heavy atom. The van der Waals surface area contributed by atoms with Crippen LogP contribution in [-0.4, -0.2) is 56.1 Å². The number of nitrogens with zero attached hydrogens (tertiary/aromatic N) is 2. The maximum Gasteiger partial charge on any atom is 0.244 e. The zero-order valence-corrected chi connectivity index (χ0v) is 22.8. The van der Waals surface area contributed by atoms with Crippen molar-refractivity contribution in [2.24, 2.45) is 0 Å². The average molecular weight is 502 g/mol. The van der Waals surface area contributed by atoms with Crippen LogP contribution in [0.5, 0.6) is 0 Å². The lowest BCUT2D eigenvalue weighted by Crippen LogP contribution is -2.56. The number of carbonyl (C=O) groups excluding carboxylic acids is 2. The first-order valence-electron chi connectivity index (χ1n) is 11.9. The molecular weight excluding hydrogens is 462 g/mol. The van der Waals surface area contributed by atoms with E-state index in [1.165, 1.54) is 4.90 Å². The van der Waals surface area contributed by atoms with Crippen molar-refractivity contribution < 1.29 is 18.0 Å². The van der Waals surface area contributed by atoms with Crippen LogP contribution in [0.4, 0.5) is 5.69 Å². The smallest absolute Gasteiger partial charge is 0.244 e. The van der Waals surface area contributed by atoms with Gasteiger partial charge in [0.1, 0.15) is 12.6 Å². The molecule has 0 heterocycles. The first kappa shape index (κ1) is 28.4. The molecule has 1 atom stereocenters. The van der Waals surface area contributed by atoms with Crippen LogP contribution in [0.2, 0.25) is 0 Å². The number of nitrogens with one attached hydrogen (secondary N) is 1. The van der Waals surface area contributed by atoms with Gasteiger partial charge in [0.05, 0.1) is 11.9 Å². The third-order valence-electron chi connectivity index (χ3n) is 5.83. The molecule has 0 bridgehead atoms. The van der Waals surface area contributed by atoms with Crippen molar-refractivity contribution in [3.05, 3.63) is 65.2 Å². The summed E-state index contributed by atoms with van der Waals surface area (Å²) in [5.41, 5.74) is 2.96. The van der Waals surface area contributed by atoms with Crippen molar-refractivity contribution in [1.82, 2.24) is 10.2 Å². The van der Waals surface area contributed by atoms with E-state index < -0.39 is 27.5 Å². The molecule has 2 amide bonds. The van der Waals surface area contributed by atoms with Crippen LogP contribution in [0, 0.1) is 13.8 Å². The molecule has 2 aromatic carbocycles. The minimum absolute atomic E-state index is 0.251. The number of rotatable bonds is 10. The molecule has 0 saturated heterocycles. The Morgan fingerprint density at radius 1 is 1.00 bits per heavy atom. The van der Waals surface area contributed by atoms with Crippen molar-refractivity contribution in [3.8, 4) is 0 Å². The van der Waals surface area contributed by atoms with Crippen LogP contribution >= 0.6 is 0 Å². The maximum absolute atomic E-state index is 13.7. The zero-order valence-electron chi connectivity index (χ0n) is 22.0. The van der Waals surface area contributed by atoms with Crippen LogP contribution in [0.15, 0.2) is 48.5 Å². The largest absolute Gasteiger partial charge is 0.350 e. The molecule has 0 unspecified atom stereocenters. The summed E-state index contributed by atoms with van der Waals surface area (Å²) in [6, 6.07) is 14.3. The molecule has 8 heteroatoms. The summed E-state index contributed by atoms with van der Waals surface area (Å²) in [6.45, 7) is 11.3. The van der Waals surface area contributed by atoms with E-state index in [9.17, 15) is 18.0 Å². The zero-order chi connectivity index (χ0) is 26.4. The topological polar surface area (TPSA) is 86.8 Å². The van der Waals surface area contributed by atoms with E-state index in [1.807, 2.05) is 77.9 Å². The van der Waals surface area contributed by atoms with Gasteiger partial charge in [-0.05, 0) is 76.3 Å². The summed E-state index contributed by atoms with van der Waals surface area (Å²) >= 11 is 0. The van der Waals surface area contributed by atoms with E-state index in [2.05, 4.69) is 5.32 Å². The Hall–Kier alpha value is -2.87. The van der Waals surface area contributed by atoms with Crippen LogP contribution in [-0.2, 0) is 26.0 Å². The molecule has 35 heavy (non-hydrogen) atoms. The van der Waals surface area contributed by atoms with Gasteiger partial charge in [-0.2, -0.15) is 0 Å². The Balaban J connectivity index is 2.40. The van der Waals surface area contributed by atoms with E-state index in [-0.39, 0.29) is 12.5 Å². The van der Waals surface area contributed by atoms with Crippen molar-refractivity contribution in [1.29, 1.82) is 0 Å². The second-order valence-corrected chi connectivity index (χ2v) is 11.9. The number of aryl methyl sites for hydroxylation is 2. The molecule has 0 radical (unpaired) electrons. The van der Waals surface area contributed by atoms with Gasteiger partial charge in [-0.3, -0.25) is 13.9 Å². The van der Waals surface area contributed by atoms with Crippen molar-refractivity contribution in [3.63, 3.8) is 0 Å². The molecule has 192 valence electrons. The van der Waals surface area contributed by atoms with E-state index in [4.69, 9.17) is 0 Å². The number of hydrogen-bond acceptors (Lipinski definition) is 4. The number of carbonyl (C=O) groups is 2. The molecule has 0 fully saturated rings. The first-order valence-corrected chi connectivity index (χ1v) is 13.8. The Bertz CT molecular complexity index is 1120. The van der Waals surface area contributed by atoms with Gasteiger partial charge < -0.3 is 10.2 Å². The minimum atomic E-state index is -3.74. The molecule has 0 spiro atoms. The van der Waals surface area contributed by atoms with Crippen molar-refractivity contribution >= 4 is 27.5 Å². The van der Waals surface area contributed by atoms with E-state index in [0.717, 1.165) is 27.3 Å². The van der Waals surface area contributed by atoms with Crippen LogP contribution in [0.25, 0.3) is 0 Å². The van der Waals surface area contributed by atoms with Gasteiger partial charge in [0.25, 0.3) is 0 Å². The fraction of sp³-hybridized carbons (Fsp3) is 0.481. The highest BCUT2D eigenvalue weighted by atomic mass is 32.2. The van der Waals surface area contributed by atoms with Crippen LogP contribution in [0.3, 0.4) is 0 Å². The molecule has 7 nitrogen and oxygen atoms in total. The van der Waals surface area contributed by atoms with Crippen molar-refractivity contribution in [2.75, 3.05) is 23.7 Å². The molecular formula is C27H39N3O4S. The standard InChI is InChI=1S/C27H39N3O4S/c1-8-24(26(32)28-27(4,5)6)29(17-16-22-12-10-9-11-13-22)25(31)19-30(35(7,33)34)23-15-14-20(2)21(3)18-23/h9-15,18,24H,8,16-17,19H2,1-7H3,(H,28,32)/t24-/m0/s1. The fourth-order valence-corrected chi connectivity index (χ4v) is 4.68. The quantitative estimate of drug-likeness (QED) is 0.536. The predicted molar refractivity (Wildman–Crippen MR) is 142 cm³/mol. The first-order chi connectivity index (χ1) is 16.2. The normalized spacial score (nSPS) is 12.7. The van der Waals surface area contributed by atoms with Crippen LogP contribution in [0.1, 0.15) is 50.8 Å². The third kappa shape index (κ3) is 8.38. The van der Waals surface area contributed by atoms with Gasteiger partial charge in [-0.15, -0.1) is 0 Å². The molecule has 0 aliphatic rings. The summed E-state index contributed by atoms with van der Waals surface area (Å²) in [6.07, 6.45) is 2.05. The number of hydrogen-bond donors (Lipinski definition) is 1. The van der Waals surface area contributed by atoms with E-state index in [0.29, 0.717) is 25.1 Å². The average Bonchev–Trinajstić information content (AvgIpc) is 2.75. The Kier molecular flexibility index (Phi) is 9.49. The van der Waals surface area contributed by atoms with Crippen molar-refractivity contribution in [2.45, 2.75) is 66.0 Å². The SMILES string of the molecule is CC[C@@H](C(=O)NC(C)(C)C)N(CCc1ccccc1)C(=O)CN(c1ccc(C)c(C)c1)S(C)(=O)=O. The number of benzene rings is 2. The molecule has 0 aromatic heterocycles. The second-order valence-electron chi connectivity index (χ2n) is 10.0. The predicted octanol–water partition coefficient (Wildman–Crippen LogP) is 3.83. The van der Waals surface area contributed by atoms with Gasteiger partial charge in [0, 0.05) is 12.1 Å². The van der Waals surface area contributed by atoms with E-state index in [1.54, 1.807) is 12.1 Å². The van der Waals surface area contributed by atoms with Gasteiger partial charge in [-0.1, -0.05) is 43.3 Å². The monoisotopic (exact) mass is 501 g/mol. The number of sulfonamides is 1. The molecule has 0 aliphatic carbocycles. The summed E-state index contributed by atoms with van der Waals surface area (Å²) in [5, 5.41) is 2.97. The molecule has 1 N–H and O–H groups in total. The highest BCUT2D eigenvalue weighted by molar-refractivity contribution is 7.92. The van der Waals surface area contributed by atoms with Gasteiger partial charge in [0.2, 0.25) is 21.8 Å². The maximum atomic E-state index is 13.7. The molecule has 2 rings (SSSR count). The summed E-state index contributed by atoms with van der Waals surface area (Å²) < 4.78 is 26.5. The highest BCUT2D eigenvalue weighted by Crippen LogP contribution is 2.22. The summed E-state index contributed by atoms with van der Waals surface area (Å²) in [4.78, 5) is 28.3. The van der Waals surface area contributed by atoms with Gasteiger partial charge in [-0.25, -0.2) is 8.42 Å². The Labute approximate surface area is 210 Å². The van der Waals surface area contributed by atoms with Gasteiger partial charge >= 0.3 is 0 Å². The molecule has 2 aromatic rings. The third-order valence-corrected chi connectivity index (χ3v) is 6.97. The lowest BCUT2D eigenvalue weighted by molar-refractivity contribution is -0.140. The lowest BCUT2D eigenvalue weighted by atomic mass is 10.1. The van der Waals surface area contributed by atoms with Crippen LogP contribution < -0.4 is 9.62 Å². The second kappa shape index (κ2) is 11.7. The lowest BCUT2D eigenvalue weighted by Gasteiger charge is -2.34.